The van der Waals surface area contributed by atoms with Gasteiger partial charge in [-0.2, -0.15) is 8.78 Å². The van der Waals surface area contributed by atoms with E-state index < -0.39 is 17.4 Å². The monoisotopic (exact) mass is 315 g/mol. The van der Waals surface area contributed by atoms with Crippen molar-refractivity contribution in [3.8, 4) is 0 Å². The maximum Gasteiger partial charge on any atom is 0.351 e. The van der Waals surface area contributed by atoms with E-state index in [1.54, 1.807) is 7.05 Å². The second-order valence-corrected chi connectivity index (χ2v) is 4.80. The van der Waals surface area contributed by atoms with Crippen LogP contribution in [0.3, 0.4) is 0 Å². The van der Waals surface area contributed by atoms with Crippen molar-refractivity contribution in [2.45, 2.75) is 19.4 Å². The van der Waals surface area contributed by atoms with Crippen LogP contribution in [-0.2, 0) is 24.3 Å². The number of hydrogen-bond donors (Lipinski definition) is 1. The van der Waals surface area contributed by atoms with Gasteiger partial charge in [-0.3, -0.25) is 9.48 Å². The van der Waals surface area contributed by atoms with Gasteiger partial charge in [0.15, 0.2) is 0 Å². The zero-order valence-corrected chi connectivity index (χ0v) is 12.0. The van der Waals surface area contributed by atoms with Gasteiger partial charge in [-0.25, -0.2) is 4.98 Å². The molecule has 0 bridgehead atoms. The first-order chi connectivity index (χ1) is 9.82. The standard InChI is InChI=1S/C12H12ClF2N5O/c1-7-3-8(4-16-10(7)13)12(14,15)11(21)17-5-9-6-18-19-20(9)2/h3-4,6H,5H2,1-2H3,(H,17,21). The minimum atomic E-state index is -3.70. The summed E-state index contributed by atoms with van der Waals surface area (Å²) in [5.74, 6) is -5.12. The third kappa shape index (κ3) is 3.15. The highest BCUT2D eigenvalue weighted by Gasteiger charge is 2.41. The number of hydrogen-bond acceptors (Lipinski definition) is 4. The molecule has 0 aliphatic heterocycles. The minimum absolute atomic E-state index is 0.0993. The third-order valence-electron chi connectivity index (χ3n) is 2.90. The lowest BCUT2D eigenvalue weighted by atomic mass is 10.1. The van der Waals surface area contributed by atoms with Gasteiger partial charge in [0.25, 0.3) is 5.91 Å². The first-order valence-corrected chi connectivity index (χ1v) is 6.32. The molecule has 2 heterocycles. The Morgan fingerprint density at radius 3 is 2.76 bits per heavy atom. The highest BCUT2D eigenvalue weighted by atomic mass is 35.5. The van der Waals surface area contributed by atoms with Gasteiger partial charge < -0.3 is 5.32 Å². The Balaban J connectivity index is 2.12. The Labute approximate surface area is 124 Å². The predicted octanol–water partition coefficient (Wildman–Crippen LogP) is 1.58. The smallest absolute Gasteiger partial charge is 0.345 e. The molecule has 0 aliphatic carbocycles. The Morgan fingerprint density at radius 1 is 1.48 bits per heavy atom. The lowest BCUT2D eigenvalue weighted by Crippen LogP contribution is -2.38. The highest BCUT2D eigenvalue weighted by Crippen LogP contribution is 2.29. The number of aryl methyl sites for hydroxylation is 2. The van der Waals surface area contributed by atoms with Gasteiger partial charge in [0.2, 0.25) is 0 Å². The summed E-state index contributed by atoms with van der Waals surface area (Å²) in [7, 11) is 1.60. The van der Waals surface area contributed by atoms with Crippen molar-refractivity contribution >= 4 is 17.5 Å². The Hall–Kier alpha value is -2.09. The number of aromatic nitrogens is 4. The van der Waals surface area contributed by atoms with Gasteiger partial charge >= 0.3 is 5.92 Å². The summed E-state index contributed by atoms with van der Waals surface area (Å²) in [6.07, 6.45) is 2.27. The molecule has 0 atom stereocenters. The number of amides is 1. The Bertz CT molecular complexity index is 673. The lowest BCUT2D eigenvalue weighted by Gasteiger charge is -2.16. The summed E-state index contributed by atoms with van der Waals surface area (Å²) in [5.41, 5.74) is 0.368. The molecule has 0 saturated heterocycles. The van der Waals surface area contributed by atoms with E-state index >= 15 is 0 Å². The van der Waals surface area contributed by atoms with Crippen molar-refractivity contribution in [2.24, 2.45) is 7.05 Å². The van der Waals surface area contributed by atoms with E-state index in [0.717, 1.165) is 12.3 Å². The van der Waals surface area contributed by atoms with Gasteiger partial charge in [0, 0.05) is 18.8 Å². The van der Waals surface area contributed by atoms with Gasteiger partial charge in [0.1, 0.15) is 5.15 Å². The summed E-state index contributed by atoms with van der Waals surface area (Å²) in [5, 5.41) is 9.50. The van der Waals surface area contributed by atoms with Gasteiger partial charge in [-0.05, 0) is 18.6 Å². The van der Waals surface area contributed by atoms with Crippen LogP contribution >= 0.6 is 11.6 Å². The second-order valence-electron chi connectivity index (χ2n) is 4.44. The van der Waals surface area contributed by atoms with Crippen molar-refractivity contribution in [1.82, 2.24) is 25.3 Å². The first kappa shape index (κ1) is 15.3. The fraction of sp³-hybridized carbons (Fsp3) is 0.333. The average molecular weight is 316 g/mol. The van der Waals surface area contributed by atoms with Crippen LogP contribution in [-0.4, -0.2) is 25.9 Å². The van der Waals surface area contributed by atoms with E-state index in [4.69, 9.17) is 11.6 Å². The largest absolute Gasteiger partial charge is 0.351 e. The van der Waals surface area contributed by atoms with Crippen LogP contribution in [0.1, 0.15) is 16.8 Å². The van der Waals surface area contributed by atoms with E-state index in [1.165, 1.54) is 17.8 Å². The summed E-state index contributed by atoms with van der Waals surface area (Å²) in [4.78, 5) is 15.3. The lowest BCUT2D eigenvalue weighted by molar-refractivity contribution is -0.147. The van der Waals surface area contributed by atoms with Crippen LogP contribution in [0.5, 0.6) is 0 Å². The van der Waals surface area contributed by atoms with Crippen molar-refractivity contribution in [2.75, 3.05) is 0 Å². The maximum absolute atomic E-state index is 14.1. The molecule has 0 spiro atoms. The molecule has 0 unspecified atom stereocenters. The molecular formula is C12H12ClF2N5O. The molecule has 2 aromatic heterocycles. The number of nitrogens with zero attached hydrogens (tertiary/aromatic N) is 4. The Kier molecular flexibility index (Phi) is 4.17. The van der Waals surface area contributed by atoms with Crippen LogP contribution in [0.15, 0.2) is 18.5 Å². The molecule has 0 radical (unpaired) electrons. The van der Waals surface area contributed by atoms with E-state index in [-0.39, 0.29) is 11.7 Å². The number of pyridine rings is 1. The summed E-state index contributed by atoms with van der Waals surface area (Å²) in [6.45, 7) is 1.44. The van der Waals surface area contributed by atoms with Crippen LogP contribution < -0.4 is 5.32 Å². The molecule has 0 fully saturated rings. The van der Waals surface area contributed by atoms with E-state index in [1.807, 2.05) is 0 Å². The molecule has 2 rings (SSSR count). The third-order valence-corrected chi connectivity index (χ3v) is 3.30. The fourth-order valence-electron chi connectivity index (χ4n) is 1.61. The number of rotatable bonds is 4. The van der Waals surface area contributed by atoms with Crippen LogP contribution in [0.4, 0.5) is 8.78 Å². The highest BCUT2D eigenvalue weighted by molar-refractivity contribution is 6.30. The van der Waals surface area contributed by atoms with E-state index in [0.29, 0.717) is 11.3 Å². The average Bonchev–Trinajstić information content (AvgIpc) is 2.84. The van der Waals surface area contributed by atoms with Crippen LogP contribution in [0, 0.1) is 6.92 Å². The number of halogens is 3. The minimum Gasteiger partial charge on any atom is -0.345 e. The number of nitrogens with one attached hydrogen (secondary N) is 1. The summed E-state index contributed by atoms with van der Waals surface area (Å²) < 4.78 is 29.5. The maximum atomic E-state index is 14.1. The molecule has 112 valence electrons. The van der Waals surface area contributed by atoms with Gasteiger partial charge in [-0.1, -0.05) is 16.8 Å². The molecule has 0 saturated carbocycles. The quantitative estimate of drug-likeness (QED) is 0.869. The van der Waals surface area contributed by atoms with E-state index in [2.05, 4.69) is 20.6 Å². The van der Waals surface area contributed by atoms with Gasteiger partial charge in [-0.15, -0.1) is 5.10 Å². The number of carbonyl (C=O) groups excluding carboxylic acids is 1. The molecule has 6 nitrogen and oxygen atoms in total. The Morgan fingerprint density at radius 2 is 2.19 bits per heavy atom. The second kappa shape index (κ2) is 5.72. The van der Waals surface area contributed by atoms with E-state index in [9.17, 15) is 13.6 Å². The number of alkyl halides is 2. The molecule has 0 aromatic carbocycles. The molecule has 1 N–H and O–H groups in total. The zero-order valence-electron chi connectivity index (χ0n) is 11.3. The normalized spacial score (nSPS) is 11.5. The molecule has 21 heavy (non-hydrogen) atoms. The molecule has 9 heteroatoms. The van der Waals surface area contributed by atoms with Crippen LogP contribution in [0.25, 0.3) is 0 Å². The summed E-state index contributed by atoms with van der Waals surface area (Å²) >= 11 is 5.68. The van der Waals surface area contributed by atoms with Crippen molar-refractivity contribution in [3.05, 3.63) is 40.4 Å². The summed E-state index contributed by atoms with van der Waals surface area (Å²) in [6, 6.07) is 1.14. The topological polar surface area (TPSA) is 72.7 Å². The SMILES string of the molecule is Cc1cc(C(F)(F)C(=O)NCc2cnnn2C)cnc1Cl. The molecule has 2 aromatic rings. The molecule has 0 aliphatic rings. The predicted molar refractivity (Wildman–Crippen MR) is 70.7 cm³/mol. The molecule has 1 amide bonds. The van der Waals surface area contributed by atoms with Crippen molar-refractivity contribution in [1.29, 1.82) is 0 Å². The fourth-order valence-corrected chi connectivity index (χ4v) is 1.72. The number of carbonyl (C=O) groups is 1. The van der Waals surface area contributed by atoms with Crippen molar-refractivity contribution in [3.63, 3.8) is 0 Å². The zero-order chi connectivity index (χ0) is 15.6. The van der Waals surface area contributed by atoms with Crippen LogP contribution in [0.2, 0.25) is 5.15 Å². The van der Waals surface area contributed by atoms with Gasteiger partial charge in [0.05, 0.1) is 18.4 Å². The first-order valence-electron chi connectivity index (χ1n) is 5.94. The van der Waals surface area contributed by atoms with Crippen molar-refractivity contribution < 1.29 is 13.6 Å². The molecular weight excluding hydrogens is 304 g/mol.